The van der Waals surface area contributed by atoms with Gasteiger partial charge in [-0.2, -0.15) is 0 Å². The fourth-order valence-corrected chi connectivity index (χ4v) is 2.86. The lowest BCUT2D eigenvalue weighted by atomic mass is 9.89. The van der Waals surface area contributed by atoms with E-state index in [4.69, 9.17) is 21.1 Å². The lowest BCUT2D eigenvalue weighted by Crippen LogP contribution is -2.43. The molecule has 1 aliphatic heterocycles. The first-order chi connectivity index (χ1) is 7.61. The molecule has 2 aliphatic rings. The Labute approximate surface area is 102 Å². The highest BCUT2D eigenvalue weighted by Crippen LogP contribution is 2.37. The van der Waals surface area contributed by atoms with Crippen LogP contribution in [0.25, 0.3) is 0 Å². The highest BCUT2D eigenvalue weighted by atomic mass is 35.5. The second-order valence-corrected chi connectivity index (χ2v) is 5.31. The van der Waals surface area contributed by atoms with Gasteiger partial charge in [0.1, 0.15) is 0 Å². The van der Waals surface area contributed by atoms with Crippen molar-refractivity contribution in [1.29, 1.82) is 0 Å². The van der Waals surface area contributed by atoms with Crippen LogP contribution in [0.1, 0.15) is 25.7 Å². The zero-order chi connectivity index (χ0) is 11.6. The molecule has 1 aliphatic carbocycles. The van der Waals surface area contributed by atoms with Gasteiger partial charge in [-0.3, -0.25) is 4.90 Å². The number of hydrogen-bond donors (Lipinski definition) is 0. The molecule has 0 aromatic carbocycles. The fourth-order valence-electron chi connectivity index (χ4n) is 2.67. The van der Waals surface area contributed by atoms with E-state index in [0.29, 0.717) is 11.1 Å². The molecular weight excluding hydrogens is 226 g/mol. The van der Waals surface area contributed by atoms with Crippen molar-refractivity contribution < 1.29 is 9.47 Å². The minimum atomic E-state index is -0.255. The van der Waals surface area contributed by atoms with Gasteiger partial charge in [-0.25, -0.2) is 0 Å². The van der Waals surface area contributed by atoms with Gasteiger partial charge in [0.15, 0.2) is 5.79 Å². The SMILES string of the molecule is C=C(Cl)CN(C)C1CCC2(CC1)OCCO2. The van der Waals surface area contributed by atoms with E-state index in [9.17, 15) is 0 Å². The van der Waals surface area contributed by atoms with Gasteiger partial charge < -0.3 is 9.47 Å². The lowest BCUT2D eigenvalue weighted by Gasteiger charge is -2.38. The summed E-state index contributed by atoms with van der Waals surface area (Å²) in [6.07, 6.45) is 4.22. The number of likely N-dealkylation sites (N-methyl/N-ethyl adjacent to an activating group) is 1. The van der Waals surface area contributed by atoms with Crippen LogP contribution in [0.15, 0.2) is 11.6 Å². The summed E-state index contributed by atoms with van der Waals surface area (Å²) in [5.74, 6) is -0.255. The Balaban J connectivity index is 1.82. The molecule has 1 heterocycles. The molecule has 0 radical (unpaired) electrons. The average Bonchev–Trinajstić information content (AvgIpc) is 2.66. The molecule has 0 N–H and O–H groups in total. The Morgan fingerprint density at radius 2 is 1.94 bits per heavy atom. The molecule has 0 unspecified atom stereocenters. The maximum atomic E-state index is 5.83. The molecule has 2 rings (SSSR count). The van der Waals surface area contributed by atoms with Crippen LogP contribution in [0.5, 0.6) is 0 Å². The molecule has 4 heteroatoms. The van der Waals surface area contributed by atoms with Gasteiger partial charge in [-0.1, -0.05) is 18.2 Å². The number of halogens is 1. The highest BCUT2D eigenvalue weighted by molar-refractivity contribution is 6.29. The van der Waals surface area contributed by atoms with Crippen LogP contribution in [0.2, 0.25) is 0 Å². The Kier molecular flexibility index (Phi) is 3.90. The molecule has 1 saturated heterocycles. The lowest BCUT2D eigenvalue weighted by molar-refractivity contribution is -0.183. The number of hydrogen-bond acceptors (Lipinski definition) is 3. The van der Waals surface area contributed by atoms with Gasteiger partial charge in [0.25, 0.3) is 0 Å². The summed E-state index contributed by atoms with van der Waals surface area (Å²) in [5, 5.41) is 0.705. The van der Waals surface area contributed by atoms with Crippen molar-refractivity contribution in [2.24, 2.45) is 0 Å². The Morgan fingerprint density at radius 3 is 2.44 bits per heavy atom. The van der Waals surface area contributed by atoms with Crippen molar-refractivity contribution in [2.45, 2.75) is 37.5 Å². The number of rotatable bonds is 3. The van der Waals surface area contributed by atoms with E-state index in [1.54, 1.807) is 0 Å². The van der Waals surface area contributed by atoms with E-state index < -0.39 is 0 Å². The van der Waals surface area contributed by atoms with Gasteiger partial charge in [0.05, 0.1) is 13.2 Å². The quantitative estimate of drug-likeness (QED) is 0.762. The second kappa shape index (κ2) is 5.05. The Hall–Kier alpha value is -0.0900. The van der Waals surface area contributed by atoms with Gasteiger partial charge in [0.2, 0.25) is 0 Å². The minimum absolute atomic E-state index is 0.255. The summed E-state index contributed by atoms with van der Waals surface area (Å²) in [4.78, 5) is 2.27. The van der Waals surface area contributed by atoms with Crippen molar-refractivity contribution in [1.82, 2.24) is 4.90 Å². The third-order valence-corrected chi connectivity index (χ3v) is 3.69. The van der Waals surface area contributed by atoms with E-state index in [1.165, 1.54) is 0 Å². The third kappa shape index (κ3) is 2.77. The smallest absolute Gasteiger partial charge is 0.168 e. The molecule has 0 aromatic heterocycles. The van der Waals surface area contributed by atoms with E-state index in [2.05, 4.69) is 18.5 Å². The average molecular weight is 246 g/mol. The standard InChI is InChI=1S/C12H20ClNO2/c1-10(13)9-14(2)11-3-5-12(6-4-11)15-7-8-16-12/h11H,1,3-9H2,2H3. The van der Waals surface area contributed by atoms with Gasteiger partial charge in [0, 0.05) is 30.5 Å². The molecule has 2 fully saturated rings. The molecule has 92 valence electrons. The zero-order valence-electron chi connectivity index (χ0n) is 9.88. The van der Waals surface area contributed by atoms with Gasteiger partial charge in [-0.15, -0.1) is 0 Å². The Bertz CT molecular complexity index is 254. The Morgan fingerprint density at radius 1 is 1.38 bits per heavy atom. The van der Waals surface area contributed by atoms with Crippen LogP contribution < -0.4 is 0 Å². The first-order valence-corrected chi connectivity index (χ1v) is 6.30. The van der Waals surface area contributed by atoms with Crippen LogP contribution >= 0.6 is 11.6 Å². The molecule has 1 spiro atoms. The first kappa shape index (κ1) is 12.4. The summed E-state index contributed by atoms with van der Waals surface area (Å²) in [7, 11) is 2.10. The maximum Gasteiger partial charge on any atom is 0.168 e. The van der Waals surface area contributed by atoms with E-state index in [1.807, 2.05) is 0 Å². The number of nitrogens with zero attached hydrogens (tertiary/aromatic N) is 1. The van der Waals surface area contributed by atoms with Crippen LogP contribution in [-0.4, -0.2) is 43.5 Å². The molecule has 0 bridgehead atoms. The van der Waals surface area contributed by atoms with Crippen molar-refractivity contribution in [3.63, 3.8) is 0 Å². The van der Waals surface area contributed by atoms with E-state index in [0.717, 1.165) is 45.4 Å². The monoisotopic (exact) mass is 245 g/mol. The van der Waals surface area contributed by atoms with E-state index in [-0.39, 0.29) is 5.79 Å². The summed E-state index contributed by atoms with van der Waals surface area (Å²) >= 11 is 5.83. The van der Waals surface area contributed by atoms with Gasteiger partial charge >= 0.3 is 0 Å². The summed E-state index contributed by atoms with van der Waals surface area (Å²) < 4.78 is 11.4. The summed E-state index contributed by atoms with van der Waals surface area (Å²) in [6.45, 7) is 6.00. The topological polar surface area (TPSA) is 21.7 Å². The zero-order valence-corrected chi connectivity index (χ0v) is 10.6. The van der Waals surface area contributed by atoms with Crippen LogP contribution in [0.3, 0.4) is 0 Å². The predicted octanol–water partition coefficient (Wildman–Crippen LogP) is 2.36. The van der Waals surface area contributed by atoms with Crippen LogP contribution in [0, 0.1) is 0 Å². The van der Waals surface area contributed by atoms with Crippen molar-refractivity contribution in [3.8, 4) is 0 Å². The minimum Gasteiger partial charge on any atom is -0.348 e. The molecule has 1 saturated carbocycles. The predicted molar refractivity (Wildman–Crippen MR) is 64.5 cm³/mol. The summed E-state index contributed by atoms with van der Waals surface area (Å²) in [5.41, 5.74) is 0. The molecule has 0 aromatic rings. The molecule has 0 atom stereocenters. The molecular formula is C12H20ClNO2. The molecule has 3 nitrogen and oxygen atoms in total. The first-order valence-electron chi connectivity index (χ1n) is 5.93. The van der Waals surface area contributed by atoms with Crippen molar-refractivity contribution in [3.05, 3.63) is 11.6 Å². The van der Waals surface area contributed by atoms with Crippen LogP contribution in [0.4, 0.5) is 0 Å². The fraction of sp³-hybridized carbons (Fsp3) is 0.833. The highest BCUT2D eigenvalue weighted by Gasteiger charge is 2.40. The summed E-state index contributed by atoms with van der Waals surface area (Å²) in [6, 6.07) is 0.578. The van der Waals surface area contributed by atoms with Crippen molar-refractivity contribution in [2.75, 3.05) is 26.8 Å². The normalized spacial score (nSPS) is 25.4. The number of ether oxygens (including phenoxy) is 2. The van der Waals surface area contributed by atoms with E-state index >= 15 is 0 Å². The maximum absolute atomic E-state index is 5.83. The van der Waals surface area contributed by atoms with Gasteiger partial charge in [-0.05, 0) is 19.9 Å². The van der Waals surface area contributed by atoms with Crippen LogP contribution in [-0.2, 0) is 9.47 Å². The van der Waals surface area contributed by atoms with Crippen molar-refractivity contribution >= 4 is 11.6 Å². The third-order valence-electron chi connectivity index (χ3n) is 3.57. The molecule has 16 heavy (non-hydrogen) atoms. The second-order valence-electron chi connectivity index (χ2n) is 4.77. The largest absolute Gasteiger partial charge is 0.348 e. The molecule has 0 amide bonds.